The Kier molecular flexibility index (Phi) is 5.21. The molecule has 2 heteroatoms. The molecule has 100 valence electrons. The van der Waals surface area contributed by atoms with E-state index < -0.39 is 0 Å². The molecule has 1 aromatic carbocycles. The Morgan fingerprint density at radius 1 is 1.33 bits per heavy atom. The third kappa shape index (κ3) is 3.33. The van der Waals surface area contributed by atoms with Gasteiger partial charge in [0.2, 0.25) is 0 Å². The average molecular weight is 247 g/mol. The first-order chi connectivity index (χ1) is 8.85. The van der Waals surface area contributed by atoms with Gasteiger partial charge in [0.1, 0.15) is 0 Å². The number of hydrogen-bond donors (Lipinski definition) is 2. The van der Waals surface area contributed by atoms with E-state index in [1.165, 1.54) is 30.4 Å². The zero-order valence-electron chi connectivity index (χ0n) is 11.4. The van der Waals surface area contributed by atoms with Crippen LogP contribution >= 0.6 is 0 Å². The summed E-state index contributed by atoms with van der Waals surface area (Å²) < 4.78 is 0. The van der Waals surface area contributed by atoms with Gasteiger partial charge < -0.3 is 10.4 Å². The lowest BCUT2D eigenvalue weighted by atomic mass is 9.77. The van der Waals surface area contributed by atoms with Gasteiger partial charge in [-0.05, 0) is 42.9 Å². The van der Waals surface area contributed by atoms with E-state index in [0.717, 1.165) is 19.5 Å². The maximum atomic E-state index is 9.03. The van der Waals surface area contributed by atoms with E-state index in [1.54, 1.807) is 0 Å². The summed E-state index contributed by atoms with van der Waals surface area (Å²) >= 11 is 0. The molecule has 2 atom stereocenters. The van der Waals surface area contributed by atoms with E-state index in [4.69, 9.17) is 5.11 Å². The van der Waals surface area contributed by atoms with Crippen molar-refractivity contribution in [3.63, 3.8) is 0 Å². The molecule has 2 rings (SSSR count). The van der Waals surface area contributed by atoms with Gasteiger partial charge in [-0.1, -0.05) is 37.6 Å². The lowest BCUT2D eigenvalue weighted by Crippen LogP contribution is -2.32. The molecule has 18 heavy (non-hydrogen) atoms. The summed E-state index contributed by atoms with van der Waals surface area (Å²) in [6.07, 6.45) is 4.58. The molecule has 0 amide bonds. The molecule has 0 aliphatic heterocycles. The van der Waals surface area contributed by atoms with Crippen molar-refractivity contribution in [3.05, 3.63) is 35.4 Å². The lowest BCUT2D eigenvalue weighted by Gasteiger charge is -2.31. The van der Waals surface area contributed by atoms with E-state index in [1.807, 2.05) is 0 Å². The highest BCUT2D eigenvalue weighted by molar-refractivity contribution is 5.40. The third-order valence-corrected chi connectivity index (χ3v) is 4.02. The summed E-state index contributed by atoms with van der Waals surface area (Å²) in [7, 11) is 0. The molecule has 0 fully saturated rings. The van der Waals surface area contributed by atoms with Crippen molar-refractivity contribution in [2.75, 3.05) is 19.7 Å². The molecule has 2 N–H and O–H groups in total. The van der Waals surface area contributed by atoms with E-state index in [0.29, 0.717) is 18.4 Å². The monoisotopic (exact) mass is 247 g/mol. The minimum atomic E-state index is 0.318. The molecule has 0 bridgehead atoms. The summed E-state index contributed by atoms with van der Waals surface area (Å²) in [6.45, 7) is 4.67. The van der Waals surface area contributed by atoms with Crippen LogP contribution in [0.2, 0.25) is 0 Å². The molecular formula is C16H25NO. The second kappa shape index (κ2) is 6.91. The smallest absolute Gasteiger partial charge is 0.0434 e. The predicted octanol–water partition coefficient (Wildman–Crippen LogP) is 2.71. The van der Waals surface area contributed by atoms with Crippen molar-refractivity contribution >= 4 is 0 Å². The number of aliphatic hydroxyl groups excluding tert-OH is 1. The third-order valence-electron chi connectivity index (χ3n) is 4.02. The minimum absolute atomic E-state index is 0.318. The highest BCUT2D eigenvalue weighted by Gasteiger charge is 2.24. The topological polar surface area (TPSA) is 32.3 Å². The van der Waals surface area contributed by atoms with Gasteiger partial charge in [-0.3, -0.25) is 0 Å². The number of nitrogens with one attached hydrogen (secondary N) is 1. The molecular weight excluding hydrogens is 222 g/mol. The highest BCUT2D eigenvalue weighted by atomic mass is 16.3. The SMILES string of the molecule is CCCC(CCO)CNCC1Cc2ccccc21. The minimum Gasteiger partial charge on any atom is -0.396 e. The Bertz CT molecular complexity index is 358. The quantitative estimate of drug-likeness (QED) is 0.740. The van der Waals surface area contributed by atoms with Crippen LogP contribution < -0.4 is 5.32 Å². The first kappa shape index (κ1) is 13.6. The fourth-order valence-electron chi connectivity index (χ4n) is 2.95. The van der Waals surface area contributed by atoms with Gasteiger partial charge in [-0.25, -0.2) is 0 Å². The van der Waals surface area contributed by atoms with Gasteiger partial charge in [0, 0.05) is 19.1 Å². The van der Waals surface area contributed by atoms with Gasteiger partial charge >= 0.3 is 0 Å². The number of fused-ring (bicyclic) bond motifs is 1. The molecule has 0 saturated carbocycles. The summed E-state index contributed by atoms with van der Waals surface area (Å²) in [5.41, 5.74) is 3.05. The summed E-state index contributed by atoms with van der Waals surface area (Å²) in [5.74, 6) is 1.34. The van der Waals surface area contributed by atoms with Crippen molar-refractivity contribution in [2.45, 2.75) is 38.5 Å². The fraction of sp³-hybridized carbons (Fsp3) is 0.625. The van der Waals surface area contributed by atoms with E-state index in [-0.39, 0.29) is 0 Å². The van der Waals surface area contributed by atoms with E-state index >= 15 is 0 Å². The Morgan fingerprint density at radius 3 is 2.89 bits per heavy atom. The fourth-order valence-corrected chi connectivity index (χ4v) is 2.95. The van der Waals surface area contributed by atoms with Crippen LogP contribution in [0.15, 0.2) is 24.3 Å². The summed E-state index contributed by atoms with van der Waals surface area (Å²) in [5, 5.41) is 12.6. The summed E-state index contributed by atoms with van der Waals surface area (Å²) in [4.78, 5) is 0. The maximum absolute atomic E-state index is 9.03. The van der Waals surface area contributed by atoms with Crippen molar-refractivity contribution in [1.29, 1.82) is 0 Å². The van der Waals surface area contributed by atoms with Crippen LogP contribution in [-0.2, 0) is 6.42 Å². The number of rotatable bonds is 8. The maximum Gasteiger partial charge on any atom is 0.0434 e. The number of benzene rings is 1. The van der Waals surface area contributed by atoms with Crippen LogP contribution in [0.3, 0.4) is 0 Å². The second-order valence-corrected chi connectivity index (χ2v) is 5.43. The Balaban J connectivity index is 1.70. The second-order valence-electron chi connectivity index (χ2n) is 5.43. The van der Waals surface area contributed by atoms with E-state index in [9.17, 15) is 0 Å². The lowest BCUT2D eigenvalue weighted by molar-refractivity contribution is 0.247. The number of aliphatic hydroxyl groups is 1. The molecule has 1 aliphatic carbocycles. The van der Waals surface area contributed by atoms with Gasteiger partial charge in [-0.15, -0.1) is 0 Å². The van der Waals surface area contributed by atoms with Gasteiger partial charge in [0.15, 0.2) is 0 Å². The highest BCUT2D eigenvalue weighted by Crippen LogP contribution is 2.33. The van der Waals surface area contributed by atoms with Crippen molar-refractivity contribution < 1.29 is 5.11 Å². The van der Waals surface area contributed by atoms with Crippen LogP contribution in [-0.4, -0.2) is 24.8 Å². The molecule has 1 aromatic rings. The Hall–Kier alpha value is -0.860. The first-order valence-corrected chi connectivity index (χ1v) is 7.24. The molecule has 0 spiro atoms. The predicted molar refractivity (Wildman–Crippen MR) is 75.9 cm³/mol. The number of hydrogen-bond acceptors (Lipinski definition) is 2. The Morgan fingerprint density at radius 2 is 2.17 bits per heavy atom. The average Bonchev–Trinajstić information content (AvgIpc) is 2.35. The van der Waals surface area contributed by atoms with E-state index in [2.05, 4.69) is 36.5 Å². The molecule has 0 heterocycles. The molecule has 0 aromatic heterocycles. The van der Waals surface area contributed by atoms with Crippen molar-refractivity contribution in [2.24, 2.45) is 5.92 Å². The van der Waals surface area contributed by atoms with Crippen molar-refractivity contribution in [1.82, 2.24) is 5.32 Å². The first-order valence-electron chi connectivity index (χ1n) is 7.24. The molecule has 0 radical (unpaired) electrons. The zero-order valence-corrected chi connectivity index (χ0v) is 11.4. The molecule has 0 saturated heterocycles. The molecule has 2 nitrogen and oxygen atoms in total. The van der Waals surface area contributed by atoms with Crippen LogP contribution in [0.1, 0.15) is 43.2 Å². The van der Waals surface area contributed by atoms with Crippen LogP contribution in [0.25, 0.3) is 0 Å². The van der Waals surface area contributed by atoms with Gasteiger partial charge in [0.25, 0.3) is 0 Å². The van der Waals surface area contributed by atoms with Gasteiger partial charge in [0.05, 0.1) is 0 Å². The van der Waals surface area contributed by atoms with Crippen LogP contribution in [0, 0.1) is 5.92 Å². The zero-order chi connectivity index (χ0) is 12.8. The standard InChI is InChI=1S/C16H25NO/c1-2-5-13(8-9-18)11-17-12-15-10-14-6-3-4-7-16(14)15/h3-4,6-7,13,15,17-18H,2,5,8-12H2,1H3. The van der Waals surface area contributed by atoms with Crippen LogP contribution in [0.4, 0.5) is 0 Å². The van der Waals surface area contributed by atoms with Crippen LogP contribution in [0.5, 0.6) is 0 Å². The summed E-state index contributed by atoms with van der Waals surface area (Å²) in [6, 6.07) is 8.75. The molecule has 2 unspecified atom stereocenters. The van der Waals surface area contributed by atoms with Gasteiger partial charge in [-0.2, -0.15) is 0 Å². The molecule has 1 aliphatic rings. The van der Waals surface area contributed by atoms with Crippen molar-refractivity contribution in [3.8, 4) is 0 Å². The Labute approximate surface area is 110 Å². The largest absolute Gasteiger partial charge is 0.396 e. The normalized spacial score (nSPS) is 19.1.